The summed E-state index contributed by atoms with van der Waals surface area (Å²) in [5.74, 6) is 0.919. The molecule has 0 aromatic rings. The zero-order valence-corrected chi connectivity index (χ0v) is 10.3. The van der Waals surface area contributed by atoms with Gasteiger partial charge in [-0.1, -0.05) is 32.9 Å². The highest BCUT2D eigenvalue weighted by atomic mass is 14.6. The van der Waals surface area contributed by atoms with Gasteiger partial charge in [-0.25, -0.2) is 0 Å². The van der Waals surface area contributed by atoms with Crippen LogP contribution in [-0.2, 0) is 0 Å². The SMILES string of the molecule is C=C(N)/C=C1\C(C)(CC)CCC2CC12C. The number of hydrogen-bond donors (Lipinski definition) is 1. The van der Waals surface area contributed by atoms with Crippen LogP contribution in [0.3, 0.4) is 0 Å². The second-order valence-electron chi connectivity index (χ2n) is 5.90. The summed E-state index contributed by atoms with van der Waals surface area (Å²) in [6.07, 6.45) is 7.46. The molecule has 2 saturated carbocycles. The third-order valence-corrected chi connectivity index (χ3v) is 4.83. The molecule has 84 valence electrons. The fraction of sp³-hybridized carbons (Fsp3) is 0.714. The summed E-state index contributed by atoms with van der Waals surface area (Å²) in [5.41, 5.74) is 8.87. The molecule has 2 aliphatic rings. The molecule has 0 aromatic carbocycles. The van der Waals surface area contributed by atoms with Gasteiger partial charge in [-0.05, 0) is 48.5 Å². The van der Waals surface area contributed by atoms with Gasteiger partial charge in [0, 0.05) is 5.70 Å². The van der Waals surface area contributed by atoms with Crippen LogP contribution in [0, 0.1) is 16.7 Å². The van der Waals surface area contributed by atoms with E-state index in [2.05, 4.69) is 33.4 Å². The van der Waals surface area contributed by atoms with Crippen molar-refractivity contribution in [2.24, 2.45) is 22.5 Å². The van der Waals surface area contributed by atoms with Crippen LogP contribution in [0.25, 0.3) is 0 Å². The Morgan fingerprint density at radius 3 is 2.80 bits per heavy atom. The van der Waals surface area contributed by atoms with Gasteiger partial charge in [-0.15, -0.1) is 0 Å². The molecule has 0 spiro atoms. The molecule has 0 radical (unpaired) electrons. The lowest BCUT2D eigenvalue weighted by atomic mass is 9.65. The number of nitrogens with two attached hydrogens (primary N) is 1. The van der Waals surface area contributed by atoms with Gasteiger partial charge in [0.1, 0.15) is 0 Å². The summed E-state index contributed by atoms with van der Waals surface area (Å²) < 4.78 is 0. The minimum Gasteiger partial charge on any atom is -0.399 e. The Hall–Kier alpha value is -0.720. The van der Waals surface area contributed by atoms with Crippen LogP contribution in [0.5, 0.6) is 0 Å². The van der Waals surface area contributed by atoms with E-state index in [1.165, 1.54) is 25.7 Å². The van der Waals surface area contributed by atoms with E-state index in [0.717, 1.165) is 11.6 Å². The molecule has 2 aliphatic carbocycles. The first kappa shape index (κ1) is 10.8. The van der Waals surface area contributed by atoms with Crippen molar-refractivity contribution in [1.82, 2.24) is 0 Å². The van der Waals surface area contributed by atoms with Gasteiger partial charge in [0.15, 0.2) is 0 Å². The Bertz CT molecular complexity index is 328. The van der Waals surface area contributed by atoms with Crippen LogP contribution in [0.2, 0.25) is 0 Å². The molecule has 0 amide bonds. The van der Waals surface area contributed by atoms with Crippen LogP contribution in [-0.4, -0.2) is 0 Å². The average Bonchev–Trinajstić information content (AvgIpc) is 2.83. The molecule has 2 rings (SSSR count). The van der Waals surface area contributed by atoms with Gasteiger partial charge < -0.3 is 5.73 Å². The van der Waals surface area contributed by atoms with E-state index in [1.807, 2.05) is 0 Å². The van der Waals surface area contributed by atoms with Gasteiger partial charge >= 0.3 is 0 Å². The summed E-state index contributed by atoms with van der Waals surface area (Å²) in [4.78, 5) is 0. The number of allylic oxidation sites excluding steroid dienone is 2. The highest BCUT2D eigenvalue weighted by molar-refractivity contribution is 5.36. The van der Waals surface area contributed by atoms with E-state index >= 15 is 0 Å². The third kappa shape index (κ3) is 1.53. The number of rotatable bonds is 2. The molecular formula is C14H23N. The fourth-order valence-electron chi connectivity index (χ4n) is 3.41. The summed E-state index contributed by atoms with van der Waals surface area (Å²) >= 11 is 0. The van der Waals surface area contributed by atoms with E-state index < -0.39 is 0 Å². The quantitative estimate of drug-likeness (QED) is 0.732. The highest BCUT2D eigenvalue weighted by Gasteiger charge is 2.59. The molecule has 1 heteroatoms. The monoisotopic (exact) mass is 205 g/mol. The standard InChI is InChI=1S/C14H23N/c1-5-13(3)7-6-11-9-14(11,4)12(13)8-10(2)15/h8,11H,2,5-7,9,15H2,1,3-4H3/b12-8+. The maximum atomic E-state index is 5.77. The van der Waals surface area contributed by atoms with Crippen LogP contribution >= 0.6 is 0 Å². The first-order valence-electron chi connectivity index (χ1n) is 6.09. The second-order valence-corrected chi connectivity index (χ2v) is 5.90. The van der Waals surface area contributed by atoms with Crippen molar-refractivity contribution < 1.29 is 0 Å². The number of fused-ring (bicyclic) bond motifs is 1. The fourth-order valence-corrected chi connectivity index (χ4v) is 3.41. The molecule has 3 atom stereocenters. The Kier molecular flexibility index (Phi) is 2.25. The van der Waals surface area contributed by atoms with Crippen molar-refractivity contribution in [3.05, 3.63) is 23.9 Å². The van der Waals surface area contributed by atoms with E-state index in [-0.39, 0.29) is 0 Å². The normalized spacial score (nSPS) is 46.3. The lowest BCUT2D eigenvalue weighted by Crippen LogP contribution is -2.29. The Morgan fingerprint density at radius 1 is 1.60 bits per heavy atom. The molecular weight excluding hydrogens is 182 g/mol. The van der Waals surface area contributed by atoms with Gasteiger partial charge in [-0.2, -0.15) is 0 Å². The van der Waals surface area contributed by atoms with Gasteiger partial charge in [0.05, 0.1) is 0 Å². The van der Waals surface area contributed by atoms with Crippen molar-refractivity contribution in [2.75, 3.05) is 0 Å². The van der Waals surface area contributed by atoms with Gasteiger partial charge in [0.2, 0.25) is 0 Å². The van der Waals surface area contributed by atoms with Crippen LogP contribution in [0.1, 0.15) is 46.5 Å². The molecule has 0 bridgehead atoms. The zero-order valence-electron chi connectivity index (χ0n) is 10.3. The summed E-state index contributed by atoms with van der Waals surface area (Å²) in [7, 11) is 0. The van der Waals surface area contributed by atoms with Crippen molar-refractivity contribution in [3.63, 3.8) is 0 Å². The minimum atomic E-state index is 0.365. The van der Waals surface area contributed by atoms with E-state index in [0.29, 0.717) is 10.8 Å². The molecule has 1 nitrogen and oxygen atoms in total. The zero-order chi connectivity index (χ0) is 11.3. The third-order valence-electron chi connectivity index (χ3n) is 4.83. The molecule has 2 fully saturated rings. The minimum absolute atomic E-state index is 0.365. The van der Waals surface area contributed by atoms with E-state index in [9.17, 15) is 0 Å². The molecule has 0 saturated heterocycles. The molecule has 0 aliphatic heterocycles. The maximum absolute atomic E-state index is 5.77. The first-order chi connectivity index (χ1) is 6.92. The van der Waals surface area contributed by atoms with Gasteiger partial charge in [0.25, 0.3) is 0 Å². The highest BCUT2D eigenvalue weighted by Crippen LogP contribution is 2.68. The topological polar surface area (TPSA) is 26.0 Å². The predicted molar refractivity (Wildman–Crippen MR) is 65.3 cm³/mol. The Morgan fingerprint density at radius 2 is 2.27 bits per heavy atom. The Balaban J connectivity index is 2.38. The molecule has 0 heterocycles. The largest absolute Gasteiger partial charge is 0.399 e. The van der Waals surface area contributed by atoms with E-state index in [1.54, 1.807) is 5.57 Å². The number of hydrogen-bond acceptors (Lipinski definition) is 1. The van der Waals surface area contributed by atoms with E-state index in [4.69, 9.17) is 5.73 Å². The molecule has 3 unspecified atom stereocenters. The average molecular weight is 205 g/mol. The van der Waals surface area contributed by atoms with Crippen LogP contribution in [0.4, 0.5) is 0 Å². The molecule has 15 heavy (non-hydrogen) atoms. The lowest BCUT2D eigenvalue weighted by Gasteiger charge is -2.40. The van der Waals surface area contributed by atoms with Crippen molar-refractivity contribution in [3.8, 4) is 0 Å². The van der Waals surface area contributed by atoms with Crippen molar-refractivity contribution in [1.29, 1.82) is 0 Å². The van der Waals surface area contributed by atoms with Crippen LogP contribution < -0.4 is 5.73 Å². The molecule has 2 N–H and O–H groups in total. The second kappa shape index (κ2) is 3.13. The molecule has 0 aromatic heterocycles. The smallest absolute Gasteiger partial charge is 0.0240 e. The first-order valence-corrected chi connectivity index (χ1v) is 6.09. The predicted octanol–water partition coefficient (Wildman–Crippen LogP) is 3.62. The Labute approximate surface area is 93.4 Å². The van der Waals surface area contributed by atoms with Crippen molar-refractivity contribution >= 4 is 0 Å². The van der Waals surface area contributed by atoms with Crippen molar-refractivity contribution in [2.45, 2.75) is 46.5 Å². The lowest BCUT2D eigenvalue weighted by molar-refractivity contribution is 0.248. The summed E-state index contributed by atoms with van der Waals surface area (Å²) in [6, 6.07) is 0. The van der Waals surface area contributed by atoms with Crippen LogP contribution in [0.15, 0.2) is 23.9 Å². The van der Waals surface area contributed by atoms with Gasteiger partial charge in [-0.3, -0.25) is 0 Å². The summed E-state index contributed by atoms with van der Waals surface area (Å²) in [6.45, 7) is 10.9. The maximum Gasteiger partial charge on any atom is 0.0240 e. The summed E-state index contributed by atoms with van der Waals surface area (Å²) in [5, 5.41) is 0.